The van der Waals surface area contributed by atoms with Gasteiger partial charge in [0.2, 0.25) is 0 Å². The Bertz CT molecular complexity index is 1320. The first-order valence-corrected chi connectivity index (χ1v) is 18.7. The fourth-order valence-electron chi connectivity index (χ4n) is 8.39. The molecule has 0 unspecified atom stereocenters. The Morgan fingerprint density at radius 2 is 1.63 bits per heavy atom. The molecular formula is C39H61NO11. The van der Waals surface area contributed by atoms with Gasteiger partial charge in [0.15, 0.2) is 12.4 Å². The Morgan fingerprint density at radius 3 is 2.22 bits per heavy atom. The number of rotatable bonds is 7. The van der Waals surface area contributed by atoms with Crippen LogP contribution in [0.3, 0.4) is 0 Å². The lowest BCUT2D eigenvalue weighted by Gasteiger charge is -2.49. The molecule has 3 heterocycles. The van der Waals surface area contributed by atoms with Gasteiger partial charge in [-0.25, -0.2) is 4.79 Å². The van der Waals surface area contributed by atoms with E-state index in [-0.39, 0.29) is 30.8 Å². The van der Waals surface area contributed by atoms with Gasteiger partial charge in [0.25, 0.3) is 0 Å². The fourth-order valence-corrected chi connectivity index (χ4v) is 8.39. The van der Waals surface area contributed by atoms with Gasteiger partial charge < -0.3 is 39.0 Å². The molecule has 4 rings (SSSR count). The van der Waals surface area contributed by atoms with Crippen LogP contribution in [0, 0.1) is 23.7 Å². The molecule has 0 bridgehead atoms. The maximum absolute atomic E-state index is 13.9. The number of nitrogens with zero attached hydrogens (tertiary/aromatic N) is 1. The number of Topliss-reactive ketones (excluding diaryl/α,β-unsaturated/α-hetero) is 1. The minimum atomic E-state index is -1.94. The smallest absolute Gasteiger partial charge is 0.338 e. The lowest BCUT2D eigenvalue weighted by atomic mass is 9.74. The summed E-state index contributed by atoms with van der Waals surface area (Å²) in [6.07, 6.45) is -4.32. The van der Waals surface area contributed by atoms with Crippen LogP contribution in [0.2, 0.25) is 0 Å². The molecule has 3 saturated heterocycles. The first-order valence-electron chi connectivity index (χ1n) is 18.7. The van der Waals surface area contributed by atoms with E-state index in [1.54, 1.807) is 58.9 Å². The number of aliphatic hydroxyl groups is 3. The van der Waals surface area contributed by atoms with Crippen LogP contribution in [0.4, 0.5) is 0 Å². The molecule has 12 nitrogen and oxygen atoms in total. The van der Waals surface area contributed by atoms with E-state index < -0.39 is 83.6 Å². The van der Waals surface area contributed by atoms with Gasteiger partial charge in [-0.2, -0.15) is 0 Å². The standard InChI is InChI=1S/C39H61NO11/c1-10-29-39(8,46)33(43)24(4)30(41)22(2)21-38(7,47-9)34(25(5)31(42)26(6)35(44)49-29)51-37-32(50-36(45)27-16-12-11-13-17-27)28(20-23(3)48-37)40-18-14-15-19-40/h11-13,16-17,22-26,28-29,31-34,37,42-43,46H,10,14-15,18-21H2,1-9H3/t22-,23+,24+,25+,26-,28-,29-,31+,32+,33-,34-,37-,38-,39-/m1/s1. The predicted molar refractivity (Wildman–Crippen MR) is 189 cm³/mol. The summed E-state index contributed by atoms with van der Waals surface area (Å²) in [5.74, 6) is -5.21. The third-order valence-electron chi connectivity index (χ3n) is 11.7. The summed E-state index contributed by atoms with van der Waals surface area (Å²) in [5.41, 5.74) is -2.81. The lowest BCUT2D eigenvalue weighted by molar-refractivity contribution is -0.301. The SMILES string of the molecule is CC[C@H]1OC(=O)[C@H](C)[C@@H](O)[C@H](C)[C@@H](O[C@H]2O[C@@H](C)C[C@@H](N3CCCC3)[C@@H]2OC(=O)c2ccccc2)[C@](C)(OC)C[C@@H](C)C(=O)[C@H](C)[C@@H](O)[C@]1(C)O. The van der Waals surface area contributed by atoms with Gasteiger partial charge in [0.1, 0.15) is 17.5 Å². The molecule has 288 valence electrons. The number of cyclic esters (lactones) is 1. The molecule has 1 aromatic rings. The fraction of sp³-hybridized carbons (Fsp3) is 0.769. The van der Waals surface area contributed by atoms with Crippen molar-refractivity contribution < 1.29 is 53.4 Å². The number of ketones is 1. The molecule has 0 radical (unpaired) electrons. The van der Waals surface area contributed by atoms with E-state index in [9.17, 15) is 29.7 Å². The quantitative estimate of drug-likeness (QED) is 0.349. The van der Waals surface area contributed by atoms with Crippen LogP contribution >= 0.6 is 0 Å². The summed E-state index contributed by atoms with van der Waals surface area (Å²) in [7, 11) is 1.49. The molecule has 0 saturated carbocycles. The zero-order chi connectivity index (χ0) is 37.8. The normalized spacial score (nSPS) is 42.2. The average Bonchev–Trinajstić information content (AvgIpc) is 3.66. The van der Waals surface area contributed by atoms with Crippen LogP contribution in [0.5, 0.6) is 0 Å². The first kappa shape index (κ1) is 41.3. The van der Waals surface area contributed by atoms with Crippen molar-refractivity contribution in [2.24, 2.45) is 23.7 Å². The highest BCUT2D eigenvalue weighted by Gasteiger charge is 2.53. The van der Waals surface area contributed by atoms with Crippen LogP contribution in [-0.4, -0.2) is 118 Å². The van der Waals surface area contributed by atoms with Gasteiger partial charge in [-0.15, -0.1) is 0 Å². The number of hydrogen-bond donors (Lipinski definition) is 3. The van der Waals surface area contributed by atoms with Crippen molar-refractivity contribution >= 4 is 17.7 Å². The largest absolute Gasteiger partial charge is 0.459 e. The van der Waals surface area contributed by atoms with Crippen LogP contribution in [0.15, 0.2) is 30.3 Å². The summed E-state index contributed by atoms with van der Waals surface area (Å²) in [4.78, 5) is 43.4. The van der Waals surface area contributed by atoms with E-state index in [2.05, 4.69) is 4.90 Å². The first-order chi connectivity index (χ1) is 24.0. The van der Waals surface area contributed by atoms with Crippen molar-refractivity contribution in [1.82, 2.24) is 4.90 Å². The van der Waals surface area contributed by atoms with Crippen molar-refractivity contribution in [1.29, 1.82) is 0 Å². The van der Waals surface area contributed by atoms with Crippen LogP contribution in [0.1, 0.15) is 97.9 Å². The van der Waals surface area contributed by atoms with Crippen molar-refractivity contribution in [2.45, 2.75) is 148 Å². The summed E-state index contributed by atoms with van der Waals surface area (Å²) >= 11 is 0. The second-order valence-electron chi connectivity index (χ2n) is 15.6. The minimum Gasteiger partial charge on any atom is -0.459 e. The van der Waals surface area contributed by atoms with Gasteiger partial charge in [-0.1, -0.05) is 45.9 Å². The van der Waals surface area contributed by atoms with E-state index >= 15 is 0 Å². The number of carbonyl (C=O) groups excluding carboxylic acids is 3. The number of hydrogen-bond acceptors (Lipinski definition) is 12. The summed E-state index contributed by atoms with van der Waals surface area (Å²) in [6, 6.07) is 8.52. The van der Waals surface area contributed by atoms with Crippen molar-refractivity contribution in [3.8, 4) is 0 Å². The Hall–Kier alpha value is -2.45. The van der Waals surface area contributed by atoms with Gasteiger partial charge in [0, 0.05) is 24.9 Å². The monoisotopic (exact) mass is 719 g/mol. The molecule has 51 heavy (non-hydrogen) atoms. The number of methoxy groups -OCH3 is 1. The van der Waals surface area contributed by atoms with Crippen LogP contribution in [0.25, 0.3) is 0 Å². The highest BCUT2D eigenvalue weighted by atomic mass is 16.7. The molecule has 1 aromatic carbocycles. The molecule has 0 aromatic heterocycles. The zero-order valence-corrected chi connectivity index (χ0v) is 31.8. The lowest BCUT2D eigenvalue weighted by Crippen LogP contribution is -2.61. The summed E-state index contributed by atoms with van der Waals surface area (Å²) in [5, 5.41) is 34.6. The number of likely N-dealkylation sites (tertiary alicyclic amines) is 1. The van der Waals surface area contributed by atoms with Crippen molar-refractivity contribution in [2.75, 3.05) is 20.2 Å². The average molecular weight is 720 g/mol. The van der Waals surface area contributed by atoms with E-state index in [1.165, 1.54) is 21.0 Å². The van der Waals surface area contributed by atoms with Crippen molar-refractivity contribution in [3.05, 3.63) is 35.9 Å². The van der Waals surface area contributed by atoms with Gasteiger partial charge in [-0.05, 0) is 85.0 Å². The highest BCUT2D eigenvalue weighted by molar-refractivity contribution is 5.89. The number of carbonyl (C=O) groups is 3. The topological polar surface area (TPSA) is 161 Å². The molecule has 0 spiro atoms. The molecule has 3 N–H and O–H groups in total. The maximum Gasteiger partial charge on any atom is 0.338 e. The maximum atomic E-state index is 13.9. The molecule has 3 aliphatic rings. The molecule has 3 fully saturated rings. The number of aliphatic hydroxyl groups excluding tert-OH is 2. The Kier molecular flexibility index (Phi) is 13.9. The number of esters is 2. The second-order valence-corrected chi connectivity index (χ2v) is 15.6. The van der Waals surface area contributed by atoms with Gasteiger partial charge in [-0.3, -0.25) is 14.5 Å². The molecule has 3 aliphatic heterocycles. The van der Waals surface area contributed by atoms with Crippen molar-refractivity contribution in [3.63, 3.8) is 0 Å². The number of ether oxygens (including phenoxy) is 5. The minimum absolute atomic E-state index is 0.103. The summed E-state index contributed by atoms with van der Waals surface area (Å²) in [6.45, 7) is 15.0. The van der Waals surface area contributed by atoms with E-state index in [0.29, 0.717) is 12.0 Å². The third-order valence-corrected chi connectivity index (χ3v) is 11.7. The summed E-state index contributed by atoms with van der Waals surface area (Å²) < 4.78 is 31.6. The second kappa shape index (κ2) is 17.1. The van der Waals surface area contributed by atoms with Gasteiger partial charge in [0.05, 0.1) is 47.5 Å². The van der Waals surface area contributed by atoms with Crippen LogP contribution in [-0.2, 0) is 33.3 Å². The predicted octanol–water partition coefficient (Wildman–Crippen LogP) is 3.91. The van der Waals surface area contributed by atoms with E-state index in [4.69, 9.17) is 23.7 Å². The Balaban J connectivity index is 1.78. The Labute approximate surface area is 303 Å². The Morgan fingerprint density at radius 1 is 1.00 bits per heavy atom. The molecular weight excluding hydrogens is 658 g/mol. The number of benzene rings is 1. The van der Waals surface area contributed by atoms with E-state index in [0.717, 1.165) is 25.9 Å². The highest BCUT2D eigenvalue weighted by Crippen LogP contribution is 2.40. The zero-order valence-electron chi connectivity index (χ0n) is 31.8. The third kappa shape index (κ3) is 9.03. The van der Waals surface area contributed by atoms with Crippen LogP contribution < -0.4 is 0 Å². The molecule has 0 aliphatic carbocycles. The molecule has 12 heteroatoms. The molecule has 14 atom stereocenters. The molecule has 0 amide bonds. The van der Waals surface area contributed by atoms with Gasteiger partial charge >= 0.3 is 11.9 Å². The van der Waals surface area contributed by atoms with E-state index in [1.807, 2.05) is 13.0 Å².